The van der Waals surface area contributed by atoms with E-state index in [9.17, 15) is 18.0 Å². The van der Waals surface area contributed by atoms with Gasteiger partial charge in [0.25, 0.3) is 0 Å². The van der Waals surface area contributed by atoms with Gasteiger partial charge >= 0.3 is 6.18 Å². The van der Waals surface area contributed by atoms with Gasteiger partial charge in [0.05, 0.1) is 18.8 Å². The number of hydrogen-bond donors (Lipinski definition) is 1. The number of alkyl halides is 3. The zero-order valence-electron chi connectivity index (χ0n) is 11.5. The maximum absolute atomic E-state index is 12.0. The molecule has 19 heavy (non-hydrogen) atoms. The number of hydrogen-bond acceptors (Lipinski definition) is 3. The second kappa shape index (κ2) is 6.56. The van der Waals surface area contributed by atoms with Crippen LogP contribution in [0.15, 0.2) is 0 Å². The lowest BCUT2D eigenvalue weighted by atomic mass is 10.0. The van der Waals surface area contributed by atoms with Crippen molar-refractivity contribution >= 4 is 5.91 Å². The summed E-state index contributed by atoms with van der Waals surface area (Å²) in [5.74, 6) is 0.326. The molecule has 0 saturated carbocycles. The molecule has 1 amide bonds. The summed E-state index contributed by atoms with van der Waals surface area (Å²) in [6.45, 7) is 4.67. The third-order valence-electron chi connectivity index (χ3n) is 2.94. The van der Waals surface area contributed by atoms with Crippen molar-refractivity contribution in [1.29, 1.82) is 0 Å². The number of carbonyl (C=O) groups excluding carboxylic acids is 1. The van der Waals surface area contributed by atoms with Gasteiger partial charge in [-0.3, -0.25) is 10.1 Å². The van der Waals surface area contributed by atoms with E-state index in [1.54, 1.807) is 0 Å². The van der Waals surface area contributed by atoms with E-state index >= 15 is 0 Å². The highest BCUT2D eigenvalue weighted by Crippen LogP contribution is 2.17. The standard InChI is InChI=1S/C12H21F3N2O2/c1-8(2)6-10-11(18)17(9(3)16-10)4-5-19-7-12(13,14)15/h8-10,16H,4-7H2,1-3H3. The normalized spacial score (nSPS) is 24.6. The van der Waals surface area contributed by atoms with Crippen LogP contribution in [0.25, 0.3) is 0 Å². The Morgan fingerprint density at radius 2 is 2.05 bits per heavy atom. The average molecular weight is 282 g/mol. The topological polar surface area (TPSA) is 41.6 Å². The predicted molar refractivity (Wildman–Crippen MR) is 64.4 cm³/mol. The second-order valence-electron chi connectivity index (χ2n) is 5.22. The first-order chi connectivity index (χ1) is 8.70. The van der Waals surface area contributed by atoms with Gasteiger partial charge in [0.2, 0.25) is 5.91 Å². The van der Waals surface area contributed by atoms with Crippen molar-refractivity contribution in [2.24, 2.45) is 5.92 Å². The summed E-state index contributed by atoms with van der Waals surface area (Å²) in [5.41, 5.74) is 0. The van der Waals surface area contributed by atoms with Crippen LogP contribution in [0, 0.1) is 5.92 Å². The minimum absolute atomic E-state index is 0.0585. The lowest BCUT2D eigenvalue weighted by Crippen LogP contribution is -2.37. The highest BCUT2D eigenvalue weighted by Gasteiger charge is 2.36. The molecular formula is C12H21F3N2O2. The van der Waals surface area contributed by atoms with Crippen molar-refractivity contribution in [3.63, 3.8) is 0 Å². The monoisotopic (exact) mass is 282 g/mol. The van der Waals surface area contributed by atoms with E-state index in [0.717, 1.165) is 6.42 Å². The van der Waals surface area contributed by atoms with Gasteiger partial charge in [-0.05, 0) is 19.3 Å². The number of amides is 1. The molecule has 1 rings (SSSR count). The molecule has 0 aromatic heterocycles. The van der Waals surface area contributed by atoms with Crippen molar-refractivity contribution in [2.75, 3.05) is 19.8 Å². The van der Waals surface area contributed by atoms with Crippen LogP contribution >= 0.6 is 0 Å². The highest BCUT2D eigenvalue weighted by atomic mass is 19.4. The van der Waals surface area contributed by atoms with Gasteiger partial charge in [-0.25, -0.2) is 0 Å². The molecule has 0 aliphatic carbocycles. The Hall–Kier alpha value is -0.820. The lowest BCUT2D eigenvalue weighted by molar-refractivity contribution is -0.174. The van der Waals surface area contributed by atoms with Crippen LogP contribution in [-0.2, 0) is 9.53 Å². The summed E-state index contributed by atoms with van der Waals surface area (Å²) in [4.78, 5) is 13.6. The Balaban J connectivity index is 2.35. The van der Waals surface area contributed by atoms with Crippen LogP contribution in [0.2, 0.25) is 0 Å². The number of nitrogens with zero attached hydrogens (tertiary/aromatic N) is 1. The maximum atomic E-state index is 12.0. The minimum atomic E-state index is -4.32. The zero-order chi connectivity index (χ0) is 14.6. The first kappa shape index (κ1) is 16.2. The van der Waals surface area contributed by atoms with Crippen LogP contribution < -0.4 is 5.32 Å². The first-order valence-electron chi connectivity index (χ1n) is 6.41. The van der Waals surface area contributed by atoms with Gasteiger partial charge in [-0.15, -0.1) is 0 Å². The number of ether oxygens (including phenoxy) is 1. The molecule has 7 heteroatoms. The SMILES string of the molecule is CC(C)CC1NC(C)N(CCOCC(F)(F)F)C1=O. The van der Waals surface area contributed by atoms with Crippen molar-refractivity contribution in [2.45, 2.75) is 45.6 Å². The molecule has 1 N–H and O–H groups in total. The lowest BCUT2D eigenvalue weighted by Gasteiger charge is -2.20. The van der Waals surface area contributed by atoms with Gasteiger partial charge in [0.1, 0.15) is 6.61 Å². The molecule has 1 aliphatic rings. The second-order valence-corrected chi connectivity index (χ2v) is 5.22. The van der Waals surface area contributed by atoms with E-state index in [4.69, 9.17) is 0 Å². The molecule has 0 aromatic carbocycles. The molecule has 0 spiro atoms. The van der Waals surface area contributed by atoms with E-state index in [1.807, 2.05) is 20.8 Å². The van der Waals surface area contributed by atoms with E-state index < -0.39 is 12.8 Å². The smallest absolute Gasteiger partial charge is 0.370 e. The van der Waals surface area contributed by atoms with Crippen LogP contribution in [0.4, 0.5) is 13.2 Å². The Kier molecular flexibility index (Phi) is 5.61. The van der Waals surface area contributed by atoms with Crippen LogP contribution in [0.3, 0.4) is 0 Å². The number of carbonyl (C=O) groups is 1. The summed E-state index contributed by atoms with van der Waals surface area (Å²) in [7, 11) is 0. The Morgan fingerprint density at radius 1 is 1.42 bits per heavy atom. The molecule has 2 atom stereocenters. The summed E-state index contributed by atoms with van der Waals surface area (Å²) in [6, 6.07) is -0.238. The molecule has 0 radical (unpaired) electrons. The fourth-order valence-electron chi connectivity index (χ4n) is 2.14. The van der Waals surface area contributed by atoms with Crippen molar-refractivity contribution in [1.82, 2.24) is 10.2 Å². The zero-order valence-corrected chi connectivity index (χ0v) is 11.5. The minimum Gasteiger partial charge on any atom is -0.370 e. The van der Waals surface area contributed by atoms with Crippen molar-refractivity contribution in [3.8, 4) is 0 Å². The molecule has 1 saturated heterocycles. The fourth-order valence-corrected chi connectivity index (χ4v) is 2.14. The largest absolute Gasteiger partial charge is 0.411 e. The van der Waals surface area contributed by atoms with Crippen LogP contribution in [0.1, 0.15) is 27.2 Å². The molecular weight excluding hydrogens is 261 g/mol. The van der Waals surface area contributed by atoms with E-state index in [-0.39, 0.29) is 31.3 Å². The Labute approximate surface area is 111 Å². The average Bonchev–Trinajstić information content (AvgIpc) is 2.48. The maximum Gasteiger partial charge on any atom is 0.411 e. The quantitative estimate of drug-likeness (QED) is 0.755. The van der Waals surface area contributed by atoms with Gasteiger partial charge in [-0.1, -0.05) is 13.8 Å². The molecule has 1 fully saturated rings. The van der Waals surface area contributed by atoms with Gasteiger partial charge < -0.3 is 9.64 Å². The fraction of sp³-hybridized carbons (Fsp3) is 0.917. The molecule has 2 unspecified atom stereocenters. The van der Waals surface area contributed by atoms with Gasteiger partial charge in [0, 0.05) is 6.54 Å². The van der Waals surface area contributed by atoms with Crippen LogP contribution in [-0.4, -0.2) is 48.9 Å². The summed E-state index contributed by atoms with van der Waals surface area (Å²) in [6.07, 6.45) is -3.76. The molecule has 1 heterocycles. The number of halogens is 3. The third-order valence-corrected chi connectivity index (χ3v) is 2.94. The molecule has 4 nitrogen and oxygen atoms in total. The summed E-state index contributed by atoms with van der Waals surface area (Å²) >= 11 is 0. The Morgan fingerprint density at radius 3 is 2.58 bits per heavy atom. The van der Waals surface area contributed by atoms with Gasteiger partial charge in [-0.2, -0.15) is 13.2 Å². The van der Waals surface area contributed by atoms with Crippen LogP contribution in [0.5, 0.6) is 0 Å². The molecule has 112 valence electrons. The summed E-state index contributed by atoms with van der Waals surface area (Å²) in [5, 5.41) is 3.14. The van der Waals surface area contributed by atoms with E-state index in [0.29, 0.717) is 5.92 Å². The number of nitrogens with one attached hydrogen (secondary N) is 1. The Bertz CT molecular complexity index is 308. The third kappa shape index (κ3) is 5.36. The highest BCUT2D eigenvalue weighted by molar-refractivity contribution is 5.84. The molecule has 0 bridgehead atoms. The van der Waals surface area contributed by atoms with Gasteiger partial charge in [0.15, 0.2) is 0 Å². The van der Waals surface area contributed by atoms with Crippen molar-refractivity contribution < 1.29 is 22.7 Å². The summed E-state index contributed by atoms with van der Waals surface area (Å²) < 4.78 is 40.2. The van der Waals surface area contributed by atoms with Crippen molar-refractivity contribution in [3.05, 3.63) is 0 Å². The van der Waals surface area contributed by atoms with E-state index in [1.165, 1.54) is 4.90 Å². The molecule has 0 aromatic rings. The number of rotatable bonds is 6. The predicted octanol–water partition coefficient (Wildman–Crippen LogP) is 1.76. The van der Waals surface area contributed by atoms with E-state index in [2.05, 4.69) is 10.1 Å². The first-order valence-corrected chi connectivity index (χ1v) is 6.41. The molecule has 1 aliphatic heterocycles.